The normalized spacial score (nSPS) is 9.56. The van der Waals surface area contributed by atoms with Crippen molar-refractivity contribution in [3.05, 3.63) is 29.6 Å². The average Bonchev–Trinajstić information content (AvgIpc) is 2.29. The van der Waals surface area contributed by atoms with Gasteiger partial charge in [-0.1, -0.05) is 0 Å². The average molecular weight is 220 g/mol. The van der Waals surface area contributed by atoms with Crippen molar-refractivity contribution in [3.63, 3.8) is 0 Å². The zero-order chi connectivity index (χ0) is 12.0. The van der Waals surface area contributed by atoms with E-state index in [9.17, 15) is 9.18 Å². The van der Waals surface area contributed by atoms with Gasteiger partial charge in [-0.25, -0.2) is 4.39 Å². The van der Waals surface area contributed by atoms with Crippen molar-refractivity contribution in [2.45, 2.75) is 19.3 Å². The van der Waals surface area contributed by atoms with Crippen LogP contribution in [0.1, 0.15) is 29.6 Å². The molecule has 0 fully saturated rings. The molecular formula is C13H13FO2. The van der Waals surface area contributed by atoms with E-state index < -0.39 is 5.82 Å². The fourth-order valence-corrected chi connectivity index (χ4v) is 1.33. The monoisotopic (exact) mass is 220 g/mol. The lowest BCUT2D eigenvalue weighted by Gasteiger charge is -2.04. The number of benzene rings is 1. The Morgan fingerprint density at radius 2 is 2.31 bits per heavy atom. The summed E-state index contributed by atoms with van der Waals surface area (Å²) in [4.78, 5) is 11.6. The second-order valence-corrected chi connectivity index (χ2v) is 3.33. The van der Waals surface area contributed by atoms with Crippen LogP contribution in [0.4, 0.5) is 4.39 Å². The van der Waals surface area contributed by atoms with Gasteiger partial charge in [0.25, 0.3) is 0 Å². The van der Waals surface area contributed by atoms with Gasteiger partial charge in [-0.05, 0) is 18.6 Å². The fraction of sp³-hybridized carbons (Fsp3) is 0.308. The van der Waals surface area contributed by atoms with Crippen LogP contribution in [0.2, 0.25) is 0 Å². The Balaban J connectivity index is 2.73. The Bertz CT molecular complexity index is 418. The molecule has 0 aromatic heterocycles. The summed E-state index contributed by atoms with van der Waals surface area (Å²) < 4.78 is 18.3. The van der Waals surface area contributed by atoms with Crippen molar-refractivity contribution < 1.29 is 13.9 Å². The van der Waals surface area contributed by atoms with Crippen LogP contribution in [0.15, 0.2) is 18.2 Å². The van der Waals surface area contributed by atoms with Crippen LogP contribution in [-0.2, 0) is 0 Å². The molecule has 0 N–H and O–H groups in total. The summed E-state index contributed by atoms with van der Waals surface area (Å²) in [5, 5.41) is 0. The Hall–Kier alpha value is -1.82. The maximum atomic E-state index is 13.5. The Labute approximate surface area is 94.4 Å². The third-order valence-corrected chi connectivity index (χ3v) is 2.20. The molecule has 0 bridgehead atoms. The molecule has 0 radical (unpaired) electrons. The number of halogens is 1. The molecule has 3 heteroatoms. The zero-order valence-electron chi connectivity index (χ0n) is 9.13. The van der Waals surface area contributed by atoms with Gasteiger partial charge in [0.15, 0.2) is 5.78 Å². The molecule has 1 rings (SSSR count). The van der Waals surface area contributed by atoms with Gasteiger partial charge in [0.1, 0.15) is 11.6 Å². The van der Waals surface area contributed by atoms with Gasteiger partial charge in [0.05, 0.1) is 12.7 Å². The Morgan fingerprint density at radius 1 is 1.56 bits per heavy atom. The molecule has 0 saturated carbocycles. The maximum Gasteiger partial charge on any atom is 0.165 e. The maximum absolute atomic E-state index is 13.5. The number of carbonyl (C=O) groups is 1. The highest BCUT2D eigenvalue weighted by Gasteiger charge is 2.11. The predicted molar refractivity (Wildman–Crippen MR) is 60.0 cm³/mol. The predicted octanol–water partition coefficient (Wildman–Crippen LogP) is 2.82. The SMILES string of the molecule is C#CCCCC(=O)c1ccc(OC)cc1F. The fourth-order valence-electron chi connectivity index (χ4n) is 1.33. The summed E-state index contributed by atoms with van der Waals surface area (Å²) >= 11 is 0. The molecule has 84 valence electrons. The highest BCUT2D eigenvalue weighted by atomic mass is 19.1. The van der Waals surface area contributed by atoms with Crippen LogP contribution >= 0.6 is 0 Å². The lowest BCUT2D eigenvalue weighted by molar-refractivity contribution is 0.0976. The van der Waals surface area contributed by atoms with Gasteiger partial charge in [0.2, 0.25) is 0 Å². The largest absolute Gasteiger partial charge is 0.497 e. The molecule has 0 spiro atoms. The van der Waals surface area contributed by atoms with Crippen LogP contribution in [0.5, 0.6) is 5.75 Å². The minimum atomic E-state index is -0.551. The first-order valence-electron chi connectivity index (χ1n) is 4.99. The smallest absolute Gasteiger partial charge is 0.165 e. The van der Waals surface area contributed by atoms with E-state index in [0.717, 1.165) is 0 Å². The van der Waals surface area contributed by atoms with Crippen LogP contribution in [-0.4, -0.2) is 12.9 Å². The summed E-state index contributed by atoms with van der Waals surface area (Å²) in [6, 6.07) is 4.21. The summed E-state index contributed by atoms with van der Waals surface area (Å²) in [6.45, 7) is 0. The van der Waals surface area contributed by atoms with Gasteiger partial charge >= 0.3 is 0 Å². The number of ether oxygens (including phenoxy) is 1. The molecule has 0 aliphatic carbocycles. The molecule has 0 atom stereocenters. The highest BCUT2D eigenvalue weighted by molar-refractivity contribution is 5.96. The van der Waals surface area contributed by atoms with E-state index in [-0.39, 0.29) is 17.8 Å². The Kier molecular flexibility index (Phi) is 4.53. The number of methoxy groups -OCH3 is 1. The lowest BCUT2D eigenvalue weighted by atomic mass is 10.0. The molecule has 0 unspecified atom stereocenters. The first-order chi connectivity index (χ1) is 7.69. The van der Waals surface area contributed by atoms with Gasteiger partial charge in [-0.2, -0.15) is 0 Å². The Morgan fingerprint density at radius 3 is 2.88 bits per heavy atom. The van der Waals surface area contributed by atoms with Crippen molar-refractivity contribution in [2.24, 2.45) is 0 Å². The quantitative estimate of drug-likeness (QED) is 0.433. The summed E-state index contributed by atoms with van der Waals surface area (Å²) in [5.74, 6) is 2.06. The van der Waals surface area contributed by atoms with Crippen LogP contribution in [0, 0.1) is 18.2 Å². The molecule has 1 aromatic rings. The van der Waals surface area contributed by atoms with E-state index in [1.54, 1.807) is 6.07 Å². The molecule has 0 amide bonds. The first-order valence-corrected chi connectivity index (χ1v) is 4.99. The topological polar surface area (TPSA) is 26.3 Å². The third-order valence-electron chi connectivity index (χ3n) is 2.20. The number of terminal acetylenes is 1. The number of unbranched alkanes of at least 4 members (excludes halogenated alkanes) is 1. The second-order valence-electron chi connectivity index (χ2n) is 3.33. The summed E-state index contributed by atoms with van der Waals surface area (Å²) in [6.07, 6.45) is 6.46. The van der Waals surface area contributed by atoms with Crippen molar-refractivity contribution in [1.29, 1.82) is 0 Å². The number of Topliss-reactive ketones (excluding diaryl/α,β-unsaturated/α-hetero) is 1. The van der Waals surface area contributed by atoms with Crippen LogP contribution in [0.3, 0.4) is 0 Å². The molecule has 0 heterocycles. The van der Waals surface area contributed by atoms with Gasteiger partial charge in [0, 0.05) is 18.9 Å². The highest BCUT2D eigenvalue weighted by Crippen LogP contribution is 2.18. The van der Waals surface area contributed by atoms with Gasteiger partial charge in [-0.3, -0.25) is 4.79 Å². The van der Waals surface area contributed by atoms with Crippen molar-refractivity contribution in [1.82, 2.24) is 0 Å². The number of hydrogen-bond donors (Lipinski definition) is 0. The minimum Gasteiger partial charge on any atom is -0.497 e. The van der Waals surface area contributed by atoms with E-state index in [2.05, 4.69) is 5.92 Å². The van der Waals surface area contributed by atoms with E-state index in [0.29, 0.717) is 18.6 Å². The number of rotatable bonds is 5. The van der Waals surface area contributed by atoms with Gasteiger partial charge < -0.3 is 4.74 Å². The molecular weight excluding hydrogens is 207 g/mol. The first kappa shape index (κ1) is 12.3. The molecule has 0 aliphatic heterocycles. The number of carbonyl (C=O) groups excluding carboxylic acids is 1. The van der Waals surface area contributed by atoms with Crippen molar-refractivity contribution >= 4 is 5.78 Å². The van der Waals surface area contributed by atoms with E-state index in [4.69, 9.17) is 11.2 Å². The van der Waals surface area contributed by atoms with E-state index >= 15 is 0 Å². The number of ketones is 1. The zero-order valence-corrected chi connectivity index (χ0v) is 9.13. The van der Waals surface area contributed by atoms with Crippen LogP contribution in [0.25, 0.3) is 0 Å². The lowest BCUT2D eigenvalue weighted by Crippen LogP contribution is -2.02. The van der Waals surface area contributed by atoms with E-state index in [1.165, 1.54) is 19.2 Å². The molecule has 2 nitrogen and oxygen atoms in total. The summed E-state index contributed by atoms with van der Waals surface area (Å²) in [5.41, 5.74) is 0.0952. The van der Waals surface area contributed by atoms with Crippen molar-refractivity contribution in [3.8, 4) is 18.1 Å². The van der Waals surface area contributed by atoms with Crippen LogP contribution < -0.4 is 4.74 Å². The van der Waals surface area contributed by atoms with Crippen molar-refractivity contribution in [2.75, 3.05) is 7.11 Å². The second kappa shape index (κ2) is 5.92. The molecule has 0 saturated heterocycles. The van der Waals surface area contributed by atoms with Gasteiger partial charge in [-0.15, -0.1) is 12.3 Å². The molecule has 0 aliphatic rings. The standard InChI is InChI=1S/C13H13FO2/c1-3-4-5-6-13(15)11-8-7-10(16-2)9-12(11)14/h1,7-9H,4-6H2,2H3. The minimum absolute atomic E-state index is 0.0952. The summed E-state index contributed by atoms with van der Waals surface area (Å²) in [7, 11) is 1.45. The molecule has 16 heavy (non-hydrogen) atoms. The van der Waals surface area contributed by atoms with E-state index in [1.807, 2.05) is 0 Å². The third kappa shape index (κ3) is 3.09. The number of hydrogen-bond acceptors (Lipinski definition) is 2. The molecule has 1 aromatic carbocycles.